The van der Waals surface area contributed by atoms with Crippen molar-refractivity contribution in [1.29, 1.82) is 0 Å². The number of amides is 1. The smallest absolute Gasteiger partial charge is 0.225 e. The van der Waals surface area contributed by atoms with Crippen molar-refractivity contribution in [1.82, 2.24) is 4.98 Å². The molecule has 0 aliphatic heterocycles. The Morgan fingerprint density at radius 1 is 1.47 bits per heavy atom. The van der Waals surface area contributed by atoms with E-state index in [9.17, 15) is 4.79 Å². The van der Waals surface area contributed by atoms with Gasteiger partial charge in [0.1, 0.15) is 5.82 Å². The molecule has 1 amide bonds. The molecule has 0 fully saturated rings. The standard InChI is InChI=1S/C10H12Cl2N2O/c11-5-2-1-3-10(15)14-9-7-8(12)4-6-13-9/h4,6-7H,1-3,5H2,(H,13,14,15). The number of carbonyl (C=O) groups is 1. The van der Waals surface area contributed by atoms with Crippen molar-refractivity contribution < 1.29 is 4.79 Å². The van der Waals surface area contributed by atoms with Crippen molar-refractivity contribution in [2.24, 2.45) is 0 Å². The molecule has 0 aliphatic carbocycles. The molecule has 1 rings (SSSR count). The third-order valence-corrected chi connectivity index (χ3v) is 2.28. The minimum Gasteiger partial charge on any atom is -0.311 e. The largest absolute Gasteiger partial charge is 0.311 e. The number of nitrogens with one attached hydrogen (secondary N) is 1. The number of pyridine rings is 1. The van der Waals surface area contributed by atoms with Gasteiger partial charge in [-0.2, -0.15) is 0 Å². The third kappa shape index (κ3) is 5.00. The summed E-state index contributed by atoms with van der Waals surface area (Å²) in [6.45, 7) is 0. The Hall–Kier alpha value is -0.800. The summed E-state index contributed by atoms with van der Waals surface area (Å²) in [5.74, 6) is 1.01. The molecular weight excluding hydrogens is 235 g/mol. The zero-order valence-corrected chi connectivity index (χ0v) is 9.68. The van der Waals surface area contributed by atoms with Crippen LogP contribution in [0.15, 0.2) is 18.3 Å². The normalized spacial score (nSPS) is 10.0. The Bertz CT molecular complexity index is 331. The predicted molar refractivity (Wildman–Crippen MR) is 62.4 cm³/mol. The molecule has 0 radical (unpaired) electrons. The lowest BCUT2D eigenvalue weighted by Crippen LogP contribution is -2.12. The van der Waals surface area contributed by atoms with Crippen LogP contribution in [-0.2, 0) is 4.79 Å². The predicted octanol–water partition coefficient (Wildman–Crippen LogP) is 3.08. The number of unbranched alkanes of at least 4 members (excludes halogenated alkanes) is 1. The first-order chi connectivity index (χ1) is 7.22. The second kappa shape index (κ2) is 6.64. The van der Waals surface area contributed by atoms with Crippen LogP contribution in [0.1, 0.15) is 19.3 Å². The van der Waals surface area contributed by atoms with Crippen molar-refractivity contribution in [2.75, 3.05) is 11.2 Å². The van der Waals surface area contributed by atoms with Crippen molar-refractivity contribution in [3.05, 3.63) is 23.4 Å². The number of alkyl halides is 1. The van der Waals surface area contributed by atoms with Gasteiger partial charge in [0, 0.05) is 23.5 Å². The molecule has 1 aromatic rings. The fraction of sp³-hybridized carbons (Fsp3) is 0.400. The summed E-state index contributed by atoms with van der Waals surface area (Å²) in [6.07, 6.45) is 3.64. The van der Waals surface area contributed by atoms with Gasteiger partial charge in [-0.3, -0.25) is 4.79 Å². The van der Waals surface area contributed by atoms with Gasteiger partial charge in [0.05, 0.1) is 0 Å². The van der Waals surface area contributed by atoms with E-state index in [1.165, 1.54) is 0 Å². The molecule has 0 aromatic carbocycles. The maximum absolute atomic E-state index is 11.4. The molecule has 0 saturated carbocycles. The van der Waals surface area contributed by atoms with Gasteiger partial charge in [0.2, 0.25) is 5.91 Å². The lowest BCUT2D eigenvalue weighted by molar-refractivity contribution is -0.116. The van der Waals surface area contributed by atoms with E-state index < -0.39 is 0 Å². The minimum atomic E-state index is -0.0603. The quantitative estimate of drug-likeness (QED) is 0.641. The summed E-state index contributed by atoms with van der Waals surface area (Å²) < 4.78 is 0. The number of hydrogen-bond acceptors (Lipinski definition) is 2. The van der Waals surface area contributed by atoms with Crippen LogP contribution in [0.2, 0.25) is 5.02 Å². The molecule has 0 aliphatic rings. The van der Waals surface area contributed by atoms with Crippen LogP contribution in [0.4, 0.5) is 5.82 Å². The van der Waals surface area contributed by atoms with Crippen LogP contribution in [0.3, 0.4) is 0 Å². The zero-order valence-electron chi connectivity index (χ0n) is 8.17. The summed E-state index contributed by atoms with van der Waals surface area (Å²) in [5.41, 5.74) is 0. The molecule has 0 spiro atoms. The first-order valence-electron chi connectivity index (χ1n) is 4.70. The van der Waals surface area contributed by atoms with Crippen LogP contribution in [0, 0.1) is 0 Å². The first kappa shape index (κ1) is 12.3. The van der Waals surface area contributed by atoms with Crippen molar-refractivity contribution in [3.8, 4) is 0 Å². The van der Waals surface area contributed by atoms with Crippen molar-refractivity contribution in [2.45, 2.75) is 19.3 Å². The van der Waals surface area contributed by atoms with Gasteiger partial charge in [-0.15, -0.1) is 11.6 Å². The summed E-state index contributed by atoms with van der Waals surface area (Å²) in [6, 6.07) is 3.27. The number of aromatic nitrogens is 1. The van der Waals surface area contributed by atoms with E-state index in [4.69, 9.17) is 23.2 Å². The van der Waals surface area contributed by atoms with Crippen LogP contribution < -0.4 is 5.32 Å². The molecule has 82 valence electrons. The van der Waals surface area contributed by atoms with E-state index in [2.05, 4.69) is 10.3 Å². The molecule has 0 bridgehead atoms. The van der Waals surface area contributed by atoms with Crippen LogP contribution >= 0.6 is 23.2 Å². The first-order valence-corrected chi connectivity index (χ1v) is 5.61. The lowest BCUT2D eigenvalue weighted by Gasteiger charge is -2.03. The minimum absolute atomic E-state index is 0.0603. The lowest BCUT2D eigenvalue weighted by atomic mass is 10.2. The second-order valence-corrected chi connectivity index (χ2v) is 3.87. The highest BCUT2D eigenvalue weighted by Crippen LogP contribution is 2.12. The Kier molecular flexibility index (Phi) is 5.43. The van der Waals surface area contributed by atoms with Gasteiger partial charge in [-0.25, -0.2) is 4.98 Å². The summed E-state index contributed by atoms with van der Waals surface area (Å²) in [4.78, 5) is 15.3. The number of halogens is 2. The Morgan fingerprint density at radius 2 is 2.27 bits per heavy atom. The molecule has 0 saturated heterocycles. The molecule has 1 aromatic heterocycles. The number of carbonyl (C=O) groups excluding carboxylic acids is 1. The summed E-state index contributed by atoms with van der Waals surface area (Å²) >= 11 is 11.3. The van der Waals surface area contributed by atoms with E-state index in [0.29, 0.717) is 23.1 Å². The topological polar surface area (TPSA) is 42.0 Å². The molecule has 3 nitrogen and oxygen atoms in total. The van der Waals surface area contributed by atoms with E-state index in [1.54, 1.807) is 18.3 Å². The average Bonchev–Trinajstić information content (AvgIpc) is 2.18. The van der Waals surface area contributed by atoms with Gasteiger partial charge < -0.3 is 5.32 Å². The molecule has 1 heterocycles. The average molecular weight is 247 g/mol. The summed E-state index contributed by atoms with van der Waals surface area (Å²) in [5, 5.41) is 3.22. The SMILES string of the molecule is O=C(CCCCCl)Nc1cc(Cl)ccn1. The molecule has 15 heavy (non-hydrogen) atoms. The fourth-order valence-corrected chi connectivity index (χ4v) is 1.41. The molecule has 0 unspecified atom stereocenters. The Labute approximate surface area is 98.8 Å². The van der Waals surface area contributed by atoms with Gasteiger partial charge in [-0.1, -0.05) is 11.6 Å². The maximum atomic E-state index is 11.4. The van der Waals surface area contributed by atoms with Gasteiger partial charge >= 0.3 is 0 Å². The molecule has 5 heteroatoms. The van der Waals surface area contributed by atoms with E-state index >= 15 is 0 Å². The fourth-order valence-electron chi connectivity index (χ4n) is 1.06. The van der Waals surface area contributed by atoms with Gasteiger partial charge in [0.15, 0.2) is 0 Å². The maximum Gasteiger partial charge on any atom is 0.225 e. The van der Waals surface area contributed by atoms with Crippen LogP contribution in [0.25, 0.3) is 0 Å². The highest BCUT2D eigenvalue weighted by atomic mass is 35.5. The number of anilines is 1. The van der Waals surface area contributed by atoms with E-state index in [1.807, 2.05) is 0 Å². The third-order valence-electron chi connectivity index (χ3n) is 1.78. The van der Waals surface area contributed by atoms with Gasteiger partial charge in [-0.05, 0) is 25.0 Å². The Morgan fingerprint density at radius 3 is 2.93 bits per heavy atom. The number of rotatable bonds is 5. The van der Waals surface area contributed by atoms with Gasteiger partial charge in [0.25, 0.3) is 0 Å². The number of nitrogens with zero attached hydrogens (tertiary/aromatic N) is 1. The van der Waals surface area contributed by atoms with Crippen molar-refractivity contribution >= 4 is 34.9 Å². The monoisotopic (exact) mass is 246 g/mol. The van der Waals surface area contributed by atoms with Crippen LogP contribution in [-0.4, -0.2) is 16.8 Å². The highest BCUT2D eigenvalue weighted by Gasteiger charge is 2.02. The molecule has 1 N–H and O–H groups in total. The van der Waals surface area contributed by atoms with E-state index in [-0.39, 0.29) is 5.91 Å². The molecular formula is C10H12Cl2N2O. The highest BCUT2D eigenvalue weighted by molar-refractivity contribution is 6.30. The zero-order chi connectivity index (χ0) is 11.1. The Balaban J connectivity index is 2.37. The second-order valence-electron chi connectivity index (χ2n) is 3.05. The van der Waals surface area contributed by atoms with Crippen molar-refractivity contribution in [3.63, 3.8) is 0 Å². The number of hydrogen-bond donors (Lipinski definition) is 1. The van der Waals surface area contributed by atoms with Crippen LogP contribution in [0.5, 0.6) is 0 Å². The molecule has 0 atom stereocenters. The summed E-state index contributed by atoms with van der Waals surface area (Å²) in [7, 11) is 0. The van der Waals surface area contributed by atoms with E-state index in [0.717, 1.165) is 12.8 Å².